The van der Waals surface area contributed by atoms with Crippen LogP contribution in [0.25, 0.3) is 0 Å². The molecule has 0 radical (unpaired) electrons. The second-order valence-electron chi connectivity index (χ2n) is 8.84. The normalized spacial score (nSPS) is 16.9. The van der Waals surface area contributed by atoms with Crippen LogP contribution in [0.4, 0.5) is 10.5 Å². The molecule has 174 valence electrons. The molecule has 2 atom stereocenters. The van der Waals surface area contributed by atoms with Crippen molar-refractivity contribution in [1.29, 1.82) is 0 Å². The van der Waals surface area contributed by atoms with Gasteiger partial charge in [-0.15, -0.1) is 24.0 Å². The smallest absolute Gasteiger partial charge is 0.410 e. The minimum Gasteiger partial charge on any atom is -0.444 e. The number of halogens is 1. The number of anilines is 1. The summed E-state index contributed by atoms with van der Waals surface area (Å²) in [5.41, 5.74) is 1.50. The van der Waals surface area contributed by atoms with E-state index in [0.29, 0.717) is 32.0 Å². The van der Waals surface area contributed by atoms with Crippen molar-refractivity contribution in [2.45, 2.75) is 45.6 Å². The van der Waals surface area contributed by atoms with Crippen molar-refractivity contribution in [1.82, 2.24) is 15.5 Å². The van der Waals surface area contributed by atoms with Gasteiger partial charge in [-0.1, -0.05) is 25.1 Å². The number of carbonyl (C=O) groups is 2. The van der Waals surface area contributed by atoms with Crippen LogP contribution in [-0.2, 0) is 9.53 Å². The van der Waals surface area contributed by atoms with Crippen molar-refractivity contribution in [3.05, 3.63) is 29.8 Å². The zero-order valence-corrected chi connectivity index (χ0v) is 21.7. The van der Waals surface area contributed by atoms with E-state index in [2.05, 4.69) is 27.9 Å². The van der Waals surface area contributed by atoms with Crippen molar-refractivity contribution in [3.8, 4) is 0 Å². The molecule has 1 aromatic carbocycles. The van der Waals surface area contributed by atoms with Crippen LogP contribution in [0, 0.1) is 5.92 Å². The highest BCUT2D eigenvalue weighted by Gasteiger charge is 2.25. The van der Waals surface area contributed by atoms with Gasteiger partial charge in [0.2, 0.25) is 5.91 Å². The lowest BCUT2D eigenvalue weighted by Gasteiger charge is -2.27. The SMILES string of the molecule is CN=C(NCC(C)CN(C)C(=O)OC(C)(C)C)NCC1CC(=O)Nc2ccccc21.I. The number of fused-ring (bicyclic) bond motifs is 1. The largest absolute Gasteiger partial charge is 0.444 e. The molecule has 3 N–H and O–H groups in total. The molecule has 1 aliphatic heterocycles. The second kappa shape index (κ2) is 12.1. The van der Waals surface area contributed by atoms with E-state index in [1.165, 1.54) is 0 Å². The first-order valence-electron chi connectivity index (χ1n) is 10.4. The summed E-state index contributed by atoms with van der Waals surface area (Å²) in [6.07, 6.45) is 0.115. The molecule has 0 aliphatic carbocycles. The van der Waals surface area contributed by atoms with Crippen LogP contribution in [0.1, 0.15) is 45.6 Å². The van der Waals surface area contributed by atoms with E-state index in [-0.39, 0.29) is 47.8 Å². The lowest BCUT2D eigenvalue weighted by atomic mass is 9.90. The monoisotopic (exact) mass is 545 g/mol. The van der Waals surface area contributed by atoms with Crippen molar-refractivity contribution in [3.63, 3.8) is 0 Å². The van der Waals surface area contributed by atoms with E-state index in [9.17, 15) is 9.59 Å². The van der Waals surface area contributed by atoms with Gasteiger partial charge in [-0.25, -0.2) is 4.79 Å². The van der Waals surface area contributed by atoms with E-state index < -0.39 is 5.60 Å². The van der Waals surface area contributed by atoms with Gasteiger partial charge in [-0.05, 0) is 38.3 Å². The molecule has 0 saturated carbocycles. The Balaban J connectivity index is 0.00000480. The highest BCUT2D eigenvalue weighted by atomic mass is 127. The maximum Gasteiger partial charge on any atom is 0.410 e. The topological polar surface area (TPSA) is 95.1 Å². The van der Waals surface area contributed by atoms with Crippen molar-refractivity contribution in [2.24, 2.45) is 10.9 Å². The number of para-hydroxylation sites is 1. The molecule has 2 unspecified atom stereocenters. The summed E-state index contributed by atoms with van der Waals surface area (Å²) in [6, 6.07) is 7.88. The van der Waals surface area contributed by atoms with Crippen LogP contribution in [-0.4, -0.2) is 62.2 Å². The molecule has 9 heteroatoms. The van der Waals surface area contributed by atoms with E-state index in [1.807, 2.05) is 45.0 Å². The van der Waals surface area contributed by atoms with Crippen molar-refractivity contribution < 1.29 is 14.3 Å². The number of rotatable bonds is 6. The van der Waals surface area contributed by atoms with Crippen molar-refractivity contribution >= 4 is 47.6 Å². The molecule has 1 aromatic rings. The van der Waals surface area contributed by atoms with Gasteiger partial charge in [0.25, 0.3) is 0 Å². The number of nitrogens with zero attached hydrogens (tertiary/aromatic N) is 2. The average Bonchev–Trinajstić information content (AvgIpc) is 2.66. The fourth-order valence-corrected chi connectivity index (χ4v) is 3.34. The van der Waals surface area contributed by atoms with Crippen LogP contribution < -0.4 is 16.0 Å². The first kappa shape index (κ1) is 27.0. The van der Waals surface area contributed by atoms with Crippen LogP contribution in [0.3, 0.4) is 0 Å². The van der Waals surface area contributed by atoms with E-state index in [4.69, 9.17) is 4.74 Å². The average molecular weight is 545 g/mol. The molecule has 31 heavy (non-hydrogen) atoms. The predicted octanol–water partition coefficient (Wildman–Crippen LogP) is 3.40. The van der Waals surface area contributed by atoms with E-state index >= 15 is 0 Å². The standard InChI is InChI=1S/C22H35N5O3.HI/c1-15(14-27(6)21(29)30-22(2,3)4)12-24-20(23-5)25-13-16-11-19(28)26-18-10-8-7-9-17(16)18;/h7-10,15-16H,11-14H2,1-6H3,(H,26,28)(H2,23,24,25);1H. The Hall–Kier alpha value is -2.04. The van der Waals surface area contributed by atoms with Gasteiger partial charge in [0.05, 0.1) is 0 Å². The fourth-order valence-electron chi connectivity index (χ4n) is 3.34. The number of guanidine groups is 1. The first-order valence-corrected chi connectivity index (χ1v) is 10.4. The number of benzene rings is 1. The zero-order chi connectivity index (χ0) is 22.3. The molecule has 8 nitrogen and oxygen atoms in total. The van der Waals surface area contributed by atoms with Crippen LogP contribution in [0.15, 0.2) is 29.3 Å². The third-order valence-electron chi connectivity index (χ3n) is 4.75. The Labute approximate surface area is 202 Å². The molecule has 2 rings (SSSR count). The maximum absolute atomic E-state index is 12.1. The van der Waals surface area contributed by atoms with E-state index in [1.54, 1.807) is 19.0 Å². The zero-order valence-electron chi connectivity index (χ0n) is 19.3. The number of hydrogen-bond acceptors (Lipinski definition) is 4. The number of amides is 2. The summed E-state index contributed by atoms with van der Waals surface area (Å²) in [5, 5.41) is 9.53. The number of hydrogen-bond donors (Lipinski definition) is 3. The summed E-state index contributed by atoms with van der Waals surface area (Å²) in [5.74, 6) is 0.985. The van der Waals surface area contributed by atoms with Gasteiger partial charge in [-0.3, -0.25) is 9.79 Å². The van der Waals surface area contributed by atoms with Gasteiger partial charge >= 0.3 is 6.09 Å². The quantitative estimate of drug-likeness (QED) is 0.290. The number of carbonyl (C=O) groups excluding carboxylic acids is 2. The molecule has 0 fully saturated rings. The molecular weight excluding hydrogens is 509 g/mol. The summed E-state index contributed by atoms with van der Waals surface area (Å²) in [4.78, 5) is 29.9. The third kappa shape index (κ3) is 8.92. The Kier molecular flexibility index (Phi) is 10.5. The minimum absolute atomic E-state index is 0. The third-order valence-corrected chi connectivity index (χ3v) is 4.75. The Morgan fingerprint density at radius 1 is 1.32 bits per heavy atom. The second-order valence-corrected chi connectivity index (χ2v) is 8.84. The first-order chi connectivity index (χ1) is 14.1. The van der Waals surface area contributed by atoms with E-state index in [0.717, 1.165) is 11.3 Å². The van der Waals surface area contributed by atoms with Crippen LogP contribution in [0.5, 0.6) is 0 Å². The molecule has 0 bridgehead atoms. The molecule has 0 saturated heterocycles. The van der Waals surface area contributed by atoms with Gasteiger partial charge in [0.1, 0.15) is 5.60 Å². The van der Waals surface area contributed by atoms with Crippen LogP contribution >= 0.6 is 24.0 Å². The Bertz CT molecular complexity index is 779. The minimum atomic E-state index is -0.507. The van der Waals surface area contributed by atoms with Crippen LogP contribution in [0.2, 0.25) is 0 Å². The lowest BCUT2D eigenvalue weighted by molar-refractivity contribution is -0.116. The summed E-state index contributed by atoms with van der Waals surface area (Å²) in [7, 11) is 3.46. The fraction of sp³-hybridized carbons (Fsp3) is 0.591. The van der Waals surface area contributed by atoms with Crippen molar-refractivity contribution in [2.75, 3.05) is 39.0 Å². The predicted molar refractivity (Wildman–Crippen MR) is 135 cm³/mol. The maximum atomic E-state index is 12.1. The number of nitrogens with one attached hydrogen (secondary N) is 3. The van der Waals surface area contributed by atoms with Gasteiger partial charge in [-0.2, -0.15) is 0 Å². The lowest BCUT2D eigenvalue weighted by Crippen LogP contribution is -2.44. The molecule has 0 aromatic heterocycles. The number of ether oxygens (including phenoxy) is 1. The molecular formula is C22H36IN5O3. The summed E-state index contributed by atoms with van der Waals surface area (Å²) >= 11 is 0. The molecule has 0 spiro atoms. The number of aliphatic imine (C=N–C) groups is 1. The summed E-state index contributed by atoms with van der Waals surface area (Å²) in [6.45, 7) is 9.44. The highest BCUT2D eigenvalue weighted by Crippen LogP contribution is 2.31. The Morgan fingerprint density at radius 2 is 2.00 bits per heavy atom. The molecule has 1 heterocycles. The van der Waals surface area contributed by atoms with Gasteiger partial charge in [0, 0.05) is 51.8 Å². The van der Waals surface area contributed by atoms with Gasteiger partial charge in [0.15, 0.2) is 5.96 Å². The molecule has 2 amide bonds. The molecule has 1 aliphatic rings. The highest BCUT2D eigenvalue weighted by molar-refractivity contribution is 14.0. The summed E-state index contributed by atoms with van der Waals surface area (Å²) < 4.78 is 5.39. The Morgan fingerprint density at radius 3 is 2.65 bits per heavy atom. The van der Waals surface area contributed by atoms with Gasteiger partial charge < -0.3 is 25.6 Å².